The quantitative estimate of drug-likeness (QED) is 0.169. The number of para-hydroxylation sites is 3. The smallest absolute Gasteiger partial charge is 0.148 e. The maximum Gasteiger partial charge on any atom is 0.148 e. The zero-order chi connectivity index (χ0) is 37.9. The number of aromatic nitrogens is 3. The van der Waals surface area contributed by atoms with E-state index < -0.39 is 0 Å². The van der Waals surface area contributed by atoms with Crippen LogP contribution in [0.2, 0.25) is 0 Å². The Morgan fingerprint density at radius 3 is 2.03 bits per heavy atom. The summed E-state index contributed by atoms with van der Waals surface area (Å²) in [5.41, 5.74) is 12.6. The van der Waals surface area contributed by atoms with E-state index >= 15 is 0 Å². The maximum absolute atomic E-state index is 11.3. The fourth-order valence-corrected chi connectivity index (χ4v) is 8.26. The molecule has 0 radical (unpaired) electrons. The van der Waals surface area contributed by atoms with Crippen LogP contribution in [0.15, 0.2) is 193 Å². The number of benzene rings is 8. The molecule has 3 aromatic heterocycles. The Morgan fingerprint density at radius 1 is 0.534 bits per heavy atom. The molecule has 0 aliphatic heterocycles. The molecule has 0 spiro atoms. The minimum absolute atomic E-state index is 0. The third-order valence-corrected chi connectivity index (χ3v) is 10.9. The van der Waals surface area contributed by atoms with Gasteiger partial charge in [0.1, 0.15) is 22.7 Å². The SMILES string of the molecule is Oc1ccccc1-c1nc2c(-c3[c-]c(-c4nccc5oc6ccc7ccccc7c6c45)cc(-c4ccccc4)c3)cccc2n1-c1ccccc1-c1ccccc1.[Pt]. The molecule has 0 aliphatic rings. The van der Waals surface area contributed by atoms with Crippen LogP contribution in [0.3, 0.4) is 0 Å². The van der Waals surface area contributed by atoms with Gasteiger partial charge in [0.05, 0.1) is 22.3 Å². The number of hydrogen-bond donors (Lipinski definition) is 1. The molecule has 0 saturated heterocycles. The van der Waals surface area contributed by atoms with Crippen molar-refractivity contribution in [2.45, 2.75) is 0 Å². The van der Waals surface area contributed by atoms with Crippen LogP contribution in [0.1, 0.15) is 0 Å². The van der Waals surface area contributed by atoms with Crippen LogP contribution in [-0.2, 0) is 21.1 Å². The van der Waals surface area contributed by atoms with Gasteiger partial charge in [-0.05, 0) is 58.3 Å². The van der Waals surface area contributed by atoms with Crippen molar-refractivity contribution in [3.05, 3.63) is 194 Å². The number of nitrogens with zero attached hydrogens (tertiary/aromatic N) is 3. The van der Waals surface area contributed by atoms with Crippen molar-refractivity contribution < 1.29 is 30.6 Å². The molecule has 0 bridgehead atoms. The third kappa shape index (κ3) is 5.82. The van der Waals surface area contributed by atoms with Crippen LogP contribution in [0, 0.1) is 6.07 Å². The van der Waals surface area contributed by atoms with Crippen LogP contribution in [-0.4, -0.2) is 19.6 Å². The van der Waals surface area contributed by atoms with E-state index in [0.717, 1.165) is 94.1 Å². The zero-order valence-corrected chi connectivity index (χ0v) is 33.2. The van der Waals surface area contributed by atoms with Crippen molar-refractivity contribution >= 4 is 43.7 Å². The van der Waals surface area contributed by atoms with Crippen molar-refractivity contribution in [3.8, 4) is 67.5 Å². The van der Waals surface area contributed by atoms with Crippen molar-refractivity contribution in [1.82, 2.24) is 14.5 Å². The van der Waals surface area contributed by atoms with Crippen LogP contribution in [0.4, 0.5) is 0 Å². The number of imidazole rings is 1. The minimum Gasteiger partial charge on any atom is -0.507 e. The van der Waals surface area contributed by atoms with Crippen LogP contribution in [0.25, 0.3) is 105 Å². The van der Waals surface area contributed by atoms with Gasteiger partial charge in [0.15, 0.2) is 0 Å². The standard InChI is InChI=1S/C52H32N3O2.Pt/c56-45-25-12-10-21-42(45)52-54-51-41(22-13-24-44(51)55(52)43-23-11-9-19-39(43)34-16-5-2-6-17-34)37-30-36(33-14-3-1-4-15-33)31-38(32-37)50-49-47(28-29-53-50)57-46-27-26-35-18-7-8-20-40(35)48(46)49;/h1-31,56H;/q-1;. The van der Waals surface area contributed by atoms with Crippen LogP contribution >= 0.6 is 0 Å². The van der Waals surface area contributed by atoms with Gasteiger partial charge in [0.25, 0.3) is 0 Å². The summed E-state index contributed by atoms with van der Waals surface area (Å²) in [7, 11) is 0. The van der Waals surface area contributed by atoms with Gasteiger partial charge in [0, 0.05) is 49.3 Å². The van der Waals surface area contributed by atoms with Gasteiger partial charge in [-0.1, -0.05) is 150 Å². The van der Waals surface area contributed by atoms with Gasteiger partial charge in [-0.2, -0.15) is 0 Å². The predicted octanol–water partition coefficient (Wildman–Crippen LogP) is 13.3. The second kappa shape index (κ2) is 14.5. The molecular weight excluding hydrogens is 894 g/mol. The van der Waals surface area contributed by atoms with Crippen molar-refractivity contribution in [2.75, 3.05) is 0 Å². The molecule has 5 nitrogen and oxygen atoms in total. The van der Waals surface area contributed by atoms with E-state index in [1.165, 1.54) is 0 Å². The molecule has 0 fully saturated rings. The normalized spacial score (nSPS) is 11.4. The largest absolute Gasteiger partial charge is 0.507 e. The molecule has 6 heteroatoms. The molecule has 0 saturated carbocycles. The van der Waals surface area contributed by atoms with Gasteiger partial charge in [-0.3, -0.25) is 9.55 Å². The Hall–Kier alpha value is -7.07. The number of phenolic OH excluding ortho intramolecular Hbond substituents is 1. The van der Waals surface area contributed by atoms with Gasteiger partial charge < -0.3 is 9.52 Å². The summed E-state index contributed by atoms with van der Waals surface area (Å²) >= 11 is 0. The summed E-state index contributed by atoms with van der Waals surface area (Å²) in [6.07, 6.45) is 1.82. The maximum atomic E-state index is 11.3. The molecule has 3 heterocycles. The Morgan fingerprint density at radius 2 is 1.21 bits per heavy atom. The van der Waals surface area contributed by atoms with Gasteiger partial charge in [-0.15, -0.1) is 23.8 Å². The second-order valence-electron chi connectivity index (χ2n) is 14.2. The summed E-state index contributed by atoms with van der Waals surface area (Å²) < 4.78 is 8.64. The van der Waals surface area contributed by atoms with E-state index in [4.69, 9.17) is 14.4 Å². The molecule has 0 atom stereocenters. The topological polar surface area (TPSA) is 64.1 Å². The molecule has 0 amide bonds. The number of aromatic hydroxyl groups is 1. The molecular formula is C52H32N3O2Pt-. The first kappa shape index (κ1) is 35.3. The van der Waals surface area contributed by atoms with E-state index in [2.05, 4.69) is 138 Å². The molecule has 0 aliphatic carbocycles. The average Bonchev–Trinajstić information content (AvgIpc) is 3.86. The zero-order valence-electron chi connectivity index (χ0n) is 30.9. The number of phenols is 1. The number of pyridine rings is 1. The number of fused-ring (bicyclic) bond motifs is 6. The fraction of sp³-hybridized carbons (Fsp3) is 0. The van der Waals surface area contributed by atoms with Crippen molar-refractivity contribution in [1.29, 1.82) is 0 Å². The van der Waals surface area contributed by atoms with Crippen molar-refractivity contribution in [3.63, 3.8) is 0 Å². The number of furan rings is 1. The Labute approximate surface area is 348 Å². The predicted molar refractivity (Wildman–Crippen MR) is 231 cm³/mol. The molecule has 8 aromatic carbocycles. The number of rotatable bonds is 6. The third-order valence-electron chi connectivity index (χ3n) is 10.9. The van der Waals surface area contributed by atoms with Gasteiger partial charge in [-0.25, -0.2) is 4.98 Å². The van der Waals surface area contributed by atoms with E-state index in [1.807, 2.05) is 54.7 Å². The monoisotopic (exact) mass is 925 g/mol. The van der Waals surface area contributed by atoms with Crippen molar-refractivity contribution in [2.24, 2.45) is 0 Å². The van der Waals surface area contributed by atoms with E-state index in [1.54, 1.807) is 6.07 Å². The first-order valence-corrected chi connectivity index (χ1v) is 19.0. The molecule has 1 N–H and O–H groups in total. The summed E-state index contributed by atoms with van der Waals surface area (Å²) in [5.74, 6) is 0.799. The molecule has 11 rings (SSSR count). The summed E-state index contributed by atoms with van der Waals surface area (Å²) in [5, 5.41) is 15.5. The summed E-state index contributed by atoms with van der Waals surface area (Å²) in [4.78, 5) is 10.5. The Balaban J connectivity index is 0.00000408. The average molecular weight is 926 g/mol. The second-order valence-corrected chi connectivity index (χ2v) is 14.2. The molecule has 278 valence electrons. The molecule has 58 heavy (non-hydrogen) atoms. The summed E-state index contributed by atoms with van der Waals surface area (Å²) in [6, 6.07) is 65.5. The first-order valence-electron chi connectivity index (χ1n) is 19.0. The van der Waals surface area contributed by atoms with E-state index in [-0.39, 0.29) is 26.8 Å². The van der Waals surface area contributed by atoms with E-state index in [0.29, 0.717) is 11.4 Å². The Kier molecular flexibility index (Phi) is 8.81. The minimum atomic E-state index is 0. The number of hydrogen-bond acceptors (Lipinski definition) is 4. The molecule has 0 unspecified atom stereocenters. The Bertz CT molecular complexity index is 3320. The fourth-order valence-electron chi connectivity index (χ4n) is 8.26. The van der Waals surface area contributed by atoms with Crippen LogP contribution < -0.4 is 0 Å². The van der Waals surface area contributed by atoms with E-state index in [9.17, 15) is 5.11 Å². The van der Waals surface area contributed by atoms with Crippen LogP contribution in [0.5, 0.6) is 5.75 Å². The van der Waals surface area contributed by atoms with Gasteiger partial charge in [0.2, 0.25) is 0 Å². The van der Waals surface area contributed by atoms with Gasteiger partial charge >= 0.3 is 0 Å². The first-order chi connectivity index (χ1) is 28.2. The summed E-state index contributed by atoms with van der Waals surface area (Å²) in [6.45, 7) is 0. The molecule has 11 aromatic rings.